The van der Waals surface area contributed by atoms with Gasteiger partial charge >= 0.3 is 0 Å². The number of rotatable bonds is 2. The van der Waals surface area contributed by atoms with Gasteiger partial charge in [0.1, 0.15) is 11.5 Å². The van der Waals surface area contributed by atoms with Crippen molar-refractivity contribution in [2.45, 2.75) is 6.92 Å². The van der Waals surface area contributed by atoms with Crippen LogP contribution in [0.5, 0.6) is 0 Å². The zero-order chi connectivity index (χ0) is 11.0. The predicted octanol–water partition coefficient (Wildman–Crippen LogP) is 2.32. The van der Waals surface area contributed by atoms with Crippen molar-refractivity contribution in [2.75, 3.05) is 0 Å². The molecular formula is C10H9BrN2O2. The minimum atomic E-state index is -0.123. The van der Waals surface area contributed by atoms with Gasteiger partial charge in [-0.1, -0.05) is 0 Å². The minimum absolute atomic E-state index is 0.123. The molecule has 15 heavy (non-hydrogen) atoms. The number of carbonyl (C=O) groups excluding carboxylic acids is 1. The Hall–Kier alpha value is -1.36. The monoisotopic (exact) mass is 268 g/mol. The Balaban J connectivity index is 2.40. The fourth-order valence-corrected chi connectivity index (χ4v) is 1.82. The molecule has 0 aliphatic carbocycles. The third-order valence-corrected chi connectivity index (χ3v) is 2.47. The van der Waals surface area contributed by atoms with Gasteiger partial charge in [0.25, 0.3) is 0 Å². The van der Waals surface area contributed by atoms with Crippen molar-refractivity contribution in [3.05, 3.63) is 40.0 Å². The first kappa shape index (κ1) is 10.2. The molecule has 0 aromatic carbocycles. The van der Waals surface area contributed by atoms with Gasteiger partial charge in [0.15, 0.2) is 4.67 Å². The number of hydrogen-bond acceptors (Lipinski definition) is 3. The van der Waals surface area contributed by atoms with Crippen molar-refractivity contribution in [1.29, 1.82) is 0 Å². The standard InChI is InChI=1S/C10H9BrN2O2/c1-6-7(5-9(11)15-6)10(14)8-3-4-13(2)12-8/h3-5H,1-2H3. The highest BCUT2D eigenvalue weighted by atomic mass is 79.9. The first-order valence-corrected chi connectivity index (χ1v) is 5.17. The maximum Gasteiger partial charge on any atom is 0.216 e. The third kappa shape index (κ3) is 1.87. The van der Waals surface area contributed by atoms with Gasteiger partial charge in [0.2, 0.25) is 5.78 Å². The fraction of sp³-hybridized carbons (Fsp3) is 0.200. The molecule has 2 heterocycles. The number of aromatic nitrogens is 2. The quantitative estimate of drug-likeness (QED) is 0.786. The summed E-state index contributed by atoms with van der Waals surface area (Å²) >= 11 is 3.18. The highest BCUT2D eigenvalue weighted by Crippen LogP contribution is 2.21. The normalized spacial score (nSPS) is 10.6. The molecule has 0 aliphatic rings. The Morgan fingerprint density at radius 3 is 2.80 bits per heavy atom. The molecule has 0 amide bonds. The summed E-state index contributed by atoms with van der Waals surface area (Å²) < 4.78 is 7.37. The average molecular weight is 269 g/mol. The maximum absolute atomic E-state index is 11.9. The van der Waals surface area contributed by atoms with Crippen LogP contribution in [-0.4, -0.2) is 15.6 Å². The molecule has 2 rings (SSSR count). The molecule has 4 nitrogen and oxygen atoms in total. The summed E-state index contributed by atoms with van der Waals surface area (Å²) in [6.45, 7) is 1.75. The zero-order valence-electron chi connectivity index (χ0n) is 8.32. The second-order valence-corrected chi connectivity index (χ2v) is 4.01. The van der Waals surface area contributed by atoms with Gasteiger partial charge in [-0.2, -0.15) is 5.10 Å². The van der Waals surface area contributed by atoms with E-state index in [-0.39, 0.29) is 5.78 Å². The molecule has 0 bridgehead atoms. The lowest BCUT2D eigenvalue weighted by Gasteiger charge is -1.93. The Kier molecular flexibility index (Phi) is 2.48. The smallest absolute Gasteiger partial charge is 0.216 e. The van der Waals surface area contributed by atoms with Crippen LogP contribution >= 0.6 is 15.9 Å². The van der Waals surface area contributed by atoms with Crippen LogP contribution in [-0.2, 0) is 7.05 Å². The molecule has 0 N–H and O–H groups in total. The van der Waals surface area contributed by atoms with E-state index in [4.69, 9.17) is 4.42 Å². The predicted molar refractivity (Wildman–Crippen MR) is 57.8 cm³/mol. The van der Waals surface area contributed by atoms with E-state index in [1.165, 1.54) is 0 Å². The van der Waals surface area contributed by atoms with E-state index >= 15 is 0 Å². The Bertz CT molecular complexity index is 513. The minimum Gasteiger partial charge on any atom is -0.454 e. The molecule has 0 atom stereocenters. The van der Waals surface area contributed by atoms with Crippen LogP contribution in [0.3, 0.4) is 0 Å². The summed E-state index contributed by atoms with van der Waals surface area (Å²) in [6, 6.07) is 3.34. The molecule has 2 aromatic rings. The second kappa shape index (κ2) is 3.66. The van der Waals surface area contributed by atoms with Crippen molar-refractivity contribution in [1.82, 2.24) is 9.78 Å². The molecular weight excluding hydrogens is 260 g/mol. The number of ketones is 1. The molecule has 0 saturated heterocycles. The van der Waals surface area contributed by atoms with Crippen molar-refractivity contribution >= 4 is 21.7 Å². The van der Waals surface area contributed by atoms with Gasteiger partial charge in [-0.25, -0.2) is 0 Å². The first-order valence-electron chi connectivity index (χ1n) is 4.38. The lowest BCUT2D eigenvalue weighted by molar-refractivity contribution is 0.103. The summed E-state index contributed by atoms with van der Waals surface area (Å²) in [5.41, 5.74) is 0.967. The van der Waals surface area contributed by atoms with Gasteiger partial charge in [-0.15, -0.1) is 0 Å². The summed E-state index contributed by atoms with van der Waals surface area (Å²) in [6.07, 6.45) is 1.73. The SMILES string of the molecule is Cc1oc(Br)cc1C(=O)c1ccn(C)n1. The molecule has 78 valence electrons. The van der Waals surface area contributed by atoms with Gasteiger partial charge < -0.3 is 4.42 Å². The number of aryl methyl sites for hydroxylation is 2. The van der Waals surface area contributed by atoms with Crippen LogP contribution in [0.15, 0.2) is 27.4 Å². The summed E-state index contributed by atoms with van der Waals surface area (Å²) in [4.78, 5) is 11.9. The van der Waals surface area contributed by atoms with Gasteiger partial charge in [-0.3, -0.25) is 9.48 Å². The average Bonchev–Trinajstić information content (AvgIpc) is 2.71. The van der Waals surface area contributed by atoms with Crippen LogP contribution in [0.1, 0.15) is 21.8 Å². The third-order valence-electron chi connectivity index (χ3n) is 2.08. The molecule has 0 saturated carbocycles. The lowest BCUT2D eigenvalue weighted by Crippen LogP contribution is -2.03. The Morgan fingerprint density at radius 2 is 2.33 bits per heavy atom. The molecule has 0 radical (unpaired) electrons. The highest BCUT2D eigenvalue weighted by Gasteiger charge is 2.17. The summed E-state index contributed by atoms with van der Waals surface area (Å²) in [5.74, 6) is 0.472. The molecule has 0 fully saturated rings. The van der Waals surface area contributed by atoms with Crippen molar-refractivity contribution in [2.24, 2.45) is 7.05 Å². The summed E-state index contributed by atoms with van der Waals surface area (Å²) in [5, 5.41) is 4.05. The van der Waals surface area contributed by atoms with E-state index in [1.54, 1.807) is 37.0 Å². The zero-order valence-corrected chi connectivity index (χ0v) is 9.91. The van der Waals surface area contributed by atoms with E-state index in [0.717, 1.165) is 0 Å². The number of halogens is 1. The molecule has 0 unspecified atom stereocenters. The molecule has 0 aliphatic heterocycles. The van der Waals surface area contributed by atoms with Crippen molar-refractivity contribution < 1.29 is 9.21 Å². The first-order chi connectivity index (χ1) is 7.08. The van der Waals surface area contributed by atoms with Crippen LogP contribution in [0.25, 0.3) is 0 Å². The summed E-state index contributed by atoms with van der Waals surface area (Å²) in [7, 11) is 1.77. The molecule has 2 aromatic heterocycles. The van der Waals surface area contributed by atoms with Crippen molar-refractivity contribution in [3.8, 4) is 0 Å². The Labute approximate surface area is 95.0 Å². The van der Waals surface area contributed by atoms with E-state index < -0.39 is 0 Å². The van der Waals surface area contributed by atoms with Crippen LogP contribution in [0.4, 0.5) is 0 Å². The van der Waals surface area contributed by atoms with Gasteiger partial charge in [-0.05, 0) is 28.9 Å². The second-order valence-electron chi connectivity index (χ2n) is 3.22. The number of carbonyl (C=O) groups is 1. The van der Waals surface area contributed by atoms with Crippen LogP contribution in [0.2, 0.25) is 0 Å². The van der Waals surface area contributed by atoms with E-state index in [2.05, 4.69) is 21.0 Å². The maximum atomic E-state index is 11.9. The van der Waals surface area contributed by atoms with E-state index in [1.807, 2.05) is 0 Å². The Morgan fingerprint density at radius 1 is 1.60 bits per heavy atom. The lowest BCUT2D eigenvalue weighted by atomic mass is 10.1. The largest absolute Gasteiger partial charge is 0.454 e. The number of hydrogen-bond donors (Lipinski definition) is 0. The van der Waals surface area contributed by atoms with Gasteiger partial charge in [0.05, 0.1) is 5.56 Å². The van der Waals surface area contributed by atoms with Crippen LogP contribution < -0.4 is 0 Å². The number of furan rings is 1. The fourth-order valence-electron chi connectivity index (χ4n) is 1.35. The van der Waals surface area contributed by atoms with E-state index in [0.29, 0.717) is 21.7 Å². The number of nitrogens with zero attached hydrogens (tertiary/aromatic N) is 2. The molecule has 5 heteroatoms. The highest BCUT2D eigenvalue weighted by molar-refractivity contribution is 9.10. The van der Waals surface area contributed by atoms with Crippen LogP contribution in [0, 0.1) is 6.92 Å². The van der Waals surface area contributed by atoms with E-state index in [9.17, 15) is 4.79 Å². The topological polar surface area (TPSA) is 48.0 Å². The van der Waals surface area contributed by atoms with Crippen molar-refractivity contribution in [3.63, 3.8) is 0 Å². The molecule has 0 spiro atoms. The van der Waals surface area contributed by atoms with Gasteiger partial charge in [0, 0.05) is 19.3 Å².